The molecule has 33 heavy (non-hydrogen) atoms. The molecule has 0 saturated heterocycles. The monoisotopic (exact) mass is 505 g/mol. The quantitative estimate of drug-likeness (QED) is 0.366. The largest absolute Gasteiger partial charge is 0.480 e. The van der Waals surface area contributed by atoms with Crippen LogP contribution in [0, 0.1) is 6.92 Å². The van der Waals surface area contributed by atoms with Gasteiger partial charge >= 0.3 is 5.97 Å². The van der Waals surface area contributed by atoms with Crippen LogP contribution in [0.3, 0.4) is 0 Å². The minimum absolute atomic E-state index is 0.131. The lowest BCUT2D eigenvalue weighted by Crippen LogP contribution is -2.45. The van der Waals surface area contributed by atoms with Crippen molar-refractivity contribution in [1.82, 2.24) is 20.2 Å². The summed E-state index contributed by atoms with van der Waals surface area (Å²) < 4.78 is 29.4. The van der Waals surface area contributed by atoms with E-state index in [-0.39, 0.29) is 20.6 Å². The summed E-state index contributed by atoms with van der Waals surface area (Å²) in [6.07, 6.45) is 1.79. The lowest BCUT2D eigenvalue weighted by molar-refractivity contribution is -0.135. The molecule has 0 atom stereocenters. The average molecular weight is 506 g/mol. The summed E-state index contributed by atoms with van der Waals surface area (Å²) in [5.74, 6) is -0.630. The Labute approximate surface area is 199 Å². The summed E-state index contributed by atoms with van der Waals surface area (Å²) in [5, 5.41) is 18.3. The number of aliphatic carboxylic acids is 1. The van der Waals surface area contributed by atoms with Crippen molar-refractivity contribution in [3.05, 3.63) is 76.5 Å². The van der Waals surface area contributed by atoms with Crippen LogP contribution >= 0.6 is 23.2 Å². The molecule has 9 nitrogen and oxygen atoms in total. The number of nitrogens with one attached hydrogen (secondary N) is 1. The average Bonchev–Trinajstić information content (AvgIpc) is 3.17. The lowest BCUT2D eigenvalue weighted by atomic mass is 10.2. The molecular weight excluding hydrogens is 489 g/mol. The van der Waals surface area contributed by atoms with E-state index in [4.69, 9.17) is 28.3 Å². The van der Waals surface area contributed by atoms with Crippen molar-refractivity contribution >= 4 is 55.8 Å². The third-order valence-electron chi connectivity index (χ3n) is 4.69. The van der Waals surface area contributed by atoms with Crippen LogP contribution in [0.1, 0.15) is 5.69 Å². The molecule has 0 radical (unpaired) electrons. The van der Waals surface area contributed by atoms with Crippen LogP contribution in [0.15, 0.2) is 65.7 Å². The number of rotatable bonds is 7. The molecule has 0 unspecified atom stereocenters. The highest BCUT2D eigenvalue weighted by atomic mass is 35.5. The normalized spacial score (nSPS) is 11.6. The molecular formula is C21H17Cl2N5O4S. The van der Waals surface area contributed by atoms with Crippen LogP contribution in [-0.2, 0) is 14.8 Å². The molecule has 12 heteroatoms. The van der Waals surface area contributed by atoms with Crippen LogP contribution in [0.2, 0.25) is 10.0 Å². The van der Waals surface area contributed by atoms with Gasteiger partial charge in [-0.25, -0.2) is 5.43 Å². The number of benzene rings is 2. The maximum absolute atomic E-state index is 13.4. The zero-order valence-corrected chi connectivity index (χ0v) is 19.4. The number of anilines is 1. The van der Waals surface area contributed by atoms with E-state index in [0.29, 0.717) is 11.2 Å². The maximum atomic E-state index is 13.4. The second-order valence-electron chi connectivity index (χ2n) is 7.06. The molecule has 4 aromatic rings. The van der Waals surface area contributed by atoms with Gasteiger partial charge in [0.05, 0.1) is 21.8 Å². The van der Waals surface area contributed by atoms with Gasteiger partial charge in [0.2, 0.25) is 0 Å². The Morgan fingerprint density at radius 2 is 1.79 bits per heavy atom. The summed E-state index contributed by atoms with van der Waals surface area (Å²) in [6, 6.07) is 14.2. The van der Waals surface area contributed by atoms with Gasteiger partial charge in [0, 0.05) is 21.6 Å². The third kappa shape index (κ3) is 4.79. The van der Waals surface area contributed by atoms with Gasteiger partial charge in [-0.2, -0.15) is 17.9 Å². The molecule has 2 aromatic heterocycles. The molecule has 0 saturated carbocycles. The molecule has 0 aliphatic heterocycles. The Balaban J connectivity index is 1.79. The number of carboxylic acids is 1. The van der Waals surface area contributed by atoms with E-state index in [0.717, 1.165) is 15.6 Å². The SMILES string of the molecule is Cc1ccc(-n2ccc3cc(N(NCC(=O)O)S(=O)(=O)c4cc(Cl)cc(Cl)c4)ccc32)nn1. The first-order chi connectivity index (χ1) is 15.6. The topological polar surface area (TPSA) is 117 Å². The van der Waals surface area contributed by atoms with Crippen molar-refractivity contribution in [3.8, 4) is 5.82 Å². The fourth-order valence-corrected chi connectivity index (χ4v) is 5.26. The maximum Gasteiger partial charge on any atom is 0.319 e. The van der Waals surface area contributed by atoms with E-state index < -0.39 is 22.5 Å². The fourth-order valence-electron chi connectivity index (χ4n) is 3.21. The van der Waals surface area contributed by atoms with Crippen molar-refractivity contribution < 1.29 is 18.3 Å². The number of aromatic nitrogens is 3. The number of sulfonamides is 1. The molecule has 4 rings (SSSR count). The molecule has 2 heterocycles. The highest BCUT2D eigenvalue weighted by molar-refractivity contribution is 7.92. The summed E-state index contributed by atoms with van der Waals surface area (Å²) in [4.78, 5) is 11.0. The smallest absolute Gasteiger partial charge is 0.319 e. The first kappa shape index (κ1) is 23.0. The van der Waals surface area contributed by atoms with E-state index in [9.17, 15) is 13.2 Å². The number of carboxylic acid groups (broad SMARTS) is 1. The Kier molecular flexibility index (Phi) is 6.26. The minimum atomic E-state index is -4.25. The Morgan fingerprint density at radius 1 is 1.06 bits per heavy atom. The molecule has 2 aromatic carbocycles. The van der Waals surface area contributed by atoms with Gasteiger partial charge in [-0.1, -0.05) is 23.2 Å². The number of hydrazine groups is 1. The minimum Gasteiger partial charge on any atom is -0.480 e. The fraction of sp³-hybridized carbons (Fsp3) is 0.0952. The summed E-state index contributed by atoms with van der Waals surface area (Å²) in [6.45, 7) is 1.20. The molecule has 0 spiro atoms. The van der Waals surface area contributed by atoms with Gasteiger partial charge in [-0.3, -0.25) is 9.36 Å². The van der Waals surface area contributed by atoms with E-state index >= 15 is 0 Å². The van der Waals surface area contributed by atoms with Crippen molar-refractivity contribution in [1.29, 1.82) is 0 Å². The Morgan fingerprint density at radius 3 is 2.42 bits per heavy atom. The zero-order chi connectivity index (χ0) is 23.8. The number of fused-ring (bicyclic) bond motifs is 1. The predicted octanol–water partition coefficient (Wildman–Crippen LogP) is 3.82. The predicted molar refractivity (Wildman–Crippen MR) is 125 cm³/mol. The molecule has 2 N–H and O–H groups in total. The lowest BCUT2D eigenvalue weighted by Gasteiger charge is -2.24. The van der Waals surface area contributed by atoms with Crippen LogP contribution in [0.5, 0.6) is 0 Å². The Bertz CT molecular complexity index is 1440. The number of aryl methyl sites for hydroxylation is 1. The van der Waals surface area contributed by atoms with Crippen LogP contribution in [0.4, 0.5) is 5.69 Å². The van der Waals surface area contributed by atoms with Gasteiger partial charge in [0.15, 0.2) is 5.82 Å². The molecule has 0 fully saturated rings. The molecule has 0 aliphatic rings. The number of carbonyl (C=O) groups is 1. The highest BCUT2D eigenvalue weighted by Crippen LogP contribution is 2.30. The van der Waals surface area contributed by atoms with Crippen molar-refractivity contribution in [2.45, 2.75) is 11.8 Å². The molecule has 170 valence electrons. The second kappa shape index (κ2) is 8.99. The molecule has 0 amide bonds. The highest BCUT2D eigenvalue weighted by Gasteiger charge is 2.27. The van der Waals surface area contributed by atoms with Gasteiger partial charge in [-0.15, -0.1) is 5.10 Å². The van der Waals surface area contributed by atoms with Crippen LogP contribution in [-0.4, -0.2) is 40.8 Å². The zero-order valence-electron chi connectivity index (χ0n) is 17.1. The molecule has 0 aliphatic carbocycles. The third-order valence-corrected chi connectivity index (χ3v) is 6.78. The van der Waals surface area contributed by atoms with Crippen LogP contribution < -0.4 is 9.84 Å². The number of halogens is 2. The summed E-state index contributed by atoms with van der Waals surface area (Å²) in [7, 11) is -4.25. The number of hydrogen-bond donors (Lipinski definition) is 2. The second-order valence-corrected chi connectivity index (χ2v) is 9.72. The van der Waals surface area contributed by atoms with Crippen LogP contribution in [0.25, 0.3) is 16.7 Å². The first-order valence-electron chi connectivity index (χ1n) is 9.54. The summed E-state index contributed by atoms with van der Waals surface area (Å²) in [5.41, 5.74) is 4.20. The van der Waals surface area contributed by atoms with E-state index in [1.165, 1.54) is 18.2 Å². The van der Waals surface area contributed by atoms with Gasteiger partial charge in [0.25, 0.3) is 10.0 Å². The van der Waals surface area contributed by atoms with Gasteiger partial charge in [-0.05, 0) is 61.5 Å². The van der Waals surface area contributed by atoms with E-state index in [1.54, 1.807) is 30.5 Å². The van der Waals surface area contributed by atoms with Gasteiger partial charge in [0.1, 0.15) is 6.54 Å². The molecule has 0 bridgehead atoms. The van der Waals surface area contributed by atoms with Crippen molar-refractivity contribution in [3.63, 3.8) is 0 Å². The van der Waals surface area contributed by atoms with Crippen molar-refractivity contribution in [2.75, 3.05) is 11.0 Å². The van der Waals surface area contributed by atoms with E-state index in [2.05, 4.69) is 15.6 Å². The van der Waals surface area contributed by atoms with Crippen molar-refractivity contribution in [2.24, 2.45) is 0 Å². The first-order valence-corrected chi connectivity index (χ1v) is 11.7. The van der Waals surface area contributed by atoms with Gasteiger partial charge < -0.3 is 5.11 Å². The number of nitrogens with zero attached hydrogens (tertiary/aromatic N) is 4. The standard InChI is InChI=1S/C21H17Cl2N5O4S/c1-13-2-5-20(26-25-13)27-7-6-14-8-17(3-4-19(14)27)28(24-12-21(29)30)33(31,32)18-10-15(22)9-16(23)11-18/h2-11,24H,12H2,1H3,(H,29,30). The summed E-state index contributed by atoms with van der Waals surface area (Å²) >= 11 is 12.0. The van der Waals surface area contributed by atoms with E-state index in [1.807, 2.05) is 23.6 Å². The Hall–Kier alpha value is -3.18. The number of hydrogen-bond acceptors (Lipinski definition) is 6.